The molecule has 1 atom stereocenters. The first-order valence-corrected chi connectivity index (χ1v) is 5.67. The second-order valence-electron chi connectivity index (χ2n) is 4.08. The number of nitrogens with two attached hydrogens (primary N) is 1. The molecule has 0 radical (unpaired) electrons. The number of hydrogen-bond donors (Lipinski definition) is 2. The molecule has 0 aromatic carbocycles. The molecule has 0 saturated carbocycles. The van der Waals surface area contributed by atoms with Crippen LogP contribution in [0.2, 0.25) is 0 Å². The summed E-state index contributed by atoms with van der Waals surface area (Å²) in [6.07, 6.45) is 0.535. The van der Waals surface area contributed by atoms with Gasteiger partial charge in [0.25, 0.3) is 0 Å². The predicted molar refractivity (Wildman–Crippen MR) is 65.8 cm³/mol. The Labute approximate surface area is 105 Å². The lowest BCUT2D eigenvalue weighted by molar-refractivity contribution is -0.134. The van der Waals surface area contributed by atoms with Gasteiger partial charge in [-0.25, -0.2) is 0 Å². The third-order valence-electron chi connectivity index (χ3n) is 2.41. The van der Waals surface area contributed by atoms with Crippen molar-refractivity contribution < 1.29 is 14.1 Å². The van der Waals surface area contributed by atoms with E-state index in [-0.39, 0.29) is 18.4 Å². The Morgan fingerprint density at radius 3 is 2.78 bits per heavy atom. The van der Waals surface area contributed by atoms with Crippen LogP contribution in [0, 0.1) is 6.92 Å². The van der Waals surface area contributed by atoms with Gasteiger partial charge in [0.15, 0.2) is 5.82 Å². The smallest absolute Gasteiger partial charge is 0.245 e. The lowest BCUT2D eigenvalue weighted by Crippen LogP contribution is -2.44. The number of amides is 2. The van der Waals surface area contributed by atoms with Crippen LogP contribution >= 0.6 is 0 Å². The van der Waals surface area contributed by atoms with Gasteiger partial charge in [-0.15, -0.1) is 0 Å². The SMILES string of the molecule is CCC(N)C(=O)N(C)CC(=O)Nc1cc(C)on1. The number of carbonyl (C=O) groups excluding carboxylic acids is 2. The van der Waals surface area contributed by atoms with Gasteiger partial charge >= 0.3 is 0 Å². The Morgan fingerprint density at radius 2 is 2.28 bits per heavy atom. The minimum atomic E-state index is -0.572. The molecule has 0 fully saturated rings. The number of likely N-dealkylation sites (N-methyl/N-ethyl adjacent to an activating group) is 1. The van der Waals surface area contributed by atoms with E-state index in [1.54, 1.807) is 13.0 Å². The summed E-state index contributed by atoms with van der Waals surface area (Å²) in [5.74, 6) is 0.326. The van der Waals surface area contributed by atoms with E-state index in [1.165, 1.54) is 11.9 Å². The number of aryl methyl sites for hydroxylation is 1. The van der Waals surface area contributed by atoms with Crippen LogP contribution in [0.3, 0.4) is 0 Å². The molecule has 1 unspecified atom stereocenters. The van der Waals surface area contributed by atoms with Crippen molar-refractivity contribution in [3.63, 3.8) is 0 Å². The minimum absolute atomic E-state index is 0.0710. The number of hydrogen-bond acceptors (Lipinski definition) is 5. The van der Waals surface area contributed by atoms with E-state index < -0.39 is 6.04 Å². The lowest BCUT2D eigenvalue weighted by Gasteiger charge is -2.19. The van der Waals surface area contributed by atoms with Gasteiger partial charge in [-0.2, -0.15) is 0 Å². The first kappa shape index (κ1) is 14.2. The zero-order chi connectivity index (χ0) is 13.7. The molecular weight excluding hydrogens is 236 g/mol. The van der Waals surface area contributed by atoms with Crippen molar-refractivity contribution in [2.45, 2.75) is 26.3 Å². The van der Waals surface area contributed by atoms with Crippen LogP contribution in [-0.4, -0.2) is 41.5 Å². The number of anilines is 1. The summed E-state index contributed by atoms with van der Waals surface area (Å²) in [6, 6.07) is 1.02. The van der Waals surface area contributed by atoms with Crippen molar-refractivity contribution in [2.24, 2.45) is 5.73 Å². The monoisotopic (exact) mass is 254 g/mol. The van der Waals surface area contributed by atoms with Crippen molar-refractivity contribution >= 4 is 17.6 Å². The fourth-order valence-corrected chi connectivity index (χ4v) is 1.36. The second kappa shape index (κ2) is 6.15. The summed E-state index contributed by atoms with van der Waals surface area (Å²) in [4.78, 5) is 24.6. The minimum Gasteiger partial charge on any atom is -0.360 e. The standard InChI is InChI=1S/C11H18N4O3/c1-4-8(12)11(17)15(3)6-10(16)13-9-5-7(2)18-14-9/h5,8H,4,6,12H2,1-3H3,(H,13,14,16). The average molecular weight is 254 g/mol. The first-order valence-electron chi connectivity index (χ1n) is 5.67. The topological polar surface area (TPSA) is 101 Å². The van der Waals surface area contributed by atoms with Crippen LogP contribution in [0.1, 0.15) is 19.1 Å². The number of nitrogens with one attached hydrogen (secondary N) is 1. The van der Waals surface area contributed by atoms with E-state index in [0.717, 1.165) is 0 Å². The highest BCUT2D eigenvalue weighted by molar-refractivity contribution is 5.94. The molecule has 0 aliphatic carbocycles. The van der Waals surface area contributed by atoms with Gasteiger partial charge in [0.05, 0.1) is 12.6 Å². The van der Waals surface area contributed by atoms with Crippen LogP contribution in [0.25, 0.3) is 0 Å². The highest BCUT2D eigenvalue weighted by atomic mass is 16.5. The Balaban J connectivity index is 2.47. The van der Waals surface area contributed by atoms with E-state index in [2.05, 4.69) is 10.5 Å². The average Bonchev–Trinajstić information content (AvgIpc) is 2.72. The van der Waals surface area contributed by atoms with E-state index in [1.807, 2.05) is 6.92 Å². The molecule has 0 bridgehead atoms. The molecule has 3 N–H and O–H groups in total. The molecule has 7 heteroatoms. The third kappa shape index (κ3) is 3.85. The molecule has 18 heavy (non-hydrogen) atoms. The van der Waals surface area contributed by atoms with E-state index >= 15 is 0 Å². The summed E-state index contributed by atoms with van der Waals surface area (Å²) in [6.45, 7) is 3.46. The third-order valence-corrected chi connectivity index (χ3v) is 2.41. The molecule has 0 spiro atoms. The Bertz CT molecular complexity index is 430. The maximum atomic E-state index is 11.7. The zero-order valence-electron chi connectivity index (χ0n) is 10.8. The molecule has 2 amide bonds. The van der Waals surface area contributed by atoms with Crippen LogP contribution in [0.5, 0.6) is 0 Å². The fourth-order valence-electron chi connectivity index (χ4n) is 1.36. The van der Waals surface area contributed by atoms with Crippen molar-refractivity contribution in [2.75, 3.05) is 18.9 Å². The van der Waals surface area contributed by atoms with Crippen LogP contribution in [-0.2, 0) is 9.59 Å². The van der Waals surface area contributed by atoms with Gasteiger partial charge in [0.1, 0.15) is 5.76 Å². The van der Waals surface area contributed by atoms with Crippen LogP contribution in [0.4, 0.5) is 5.82 Å². The van der Waals surface area contributed by atoms with Gasteiger partial charge in [-0.3, -0.25) is 9.59 Å². The van der Waals surface area contributed by atoms with Gasteiger partial charge in [-0.1, -0.05) is 12.1 Å². The van der Waals surface area contributed by atoms with Crippen molar-refractivity contribution in [3.8, 4) is 0 Å². The molecule has 1 heterocycles. The summed E-state index contributed by atoms with van der Waals surface area (Å²) in [7, 11) is 1.53. The Hall–Kier alpha value is -1.89. The quantitative estimate of drug-likeness (QED) is 0.777. The van der Waals surface area contributed by atoms with Crippen molar-refractivity contribution in [1.29, 1.82) is 0 Å². The summed E-state index contributed by atoms with van der Waals surface area (Å²) < 4.78 is 4.81. The van der Waals surface area contributed by atoms with Gasteiger partial charge in [0.2, 0.25) is 11.8 Å². The van der Waals surface area contributed by atoms with E-state index in [0.29, 0.717) is 18.0 Å². The molecular formula is C11H18N4O3. The number of nitrogens with zero attached hydrogens (tertiary/aromatic N) is 2. The highest BCUT2D eigenvalue weighted by Crippen LogP contribution is 2.06. The second-order valence-corrected chi connectivity index (χ2v) is 4.08. The largest absolute Gasteiger partial charge is 0.360 e. The predicted octanol–water partition coefficient (Wildman–Crippen LogP) is 0.117. The maximum absolute atomic E-state index is 11.7. The molecule has 1 aromatic rings. The zero-order valence-corrected chi connectivity index (χ0v) is 10.8. The molecule has 100 valence electrons. The Morgan fingerprint density at radius 1 is 1.61 bits per heavy atom. The lowest BCUT2D eigenvalue weighted by atomic mass is 10.2. The van der Waals surface area contributed by atoms with Crippen molar-refractivity contribution in [1.82, 2.24) is 10.1 Å². The normalized spacial score (nSPS) is 12.0. The molecule has 1 aromatic heterocycles. The highest BCUT2D eigenvalue weighted by Gasteiger charge is 2.18. The Kier molecular flexibility index (Phi) is 4.85. The summed E-state index contributed by atoms with van der Waals surface area (Å²) >= 11 is 0. The van der Waals surface area contributed by atoms with Gasteiger partial charge in [0, 0.05) is 13.1 Å². The van der Waals surface area contributed by atoms with Crippen LogP contribution < -0.4 is 11.1 Å². The first-order chi connectivity index (χ1) is 8.43. The molecule has 1 rings (SSSR count). The van der Waals surface area contributed by atoms with E-state index in [4.69, 9.17) is 10.3 Å². The molecule has 0 aliphatic rings. The fraction of sp³-hybridized carbons (Fsp3) is 0.545. The van der Waals surface area contributed by atoms with Gasteiger partial charge < -0.3 is 20.5 Å². The summed E-state index contributed by atoms with van der Waals surface area (Å²) in [5, 5.41) is 6.15. The van der Waals surface area contributed by atoms with E-state index in [9.17, 15) is 9.59 Å². The van der Waals surface area contributed by atoms with Crippen LogP contribution in [0.15, 0.2) is 10.6 Å². The molecule has 0 aliphatic heterocycles. The van der Waals surface area contributed by atoms with Crippen molar-refractivity contribution in [3.05, 3.63) is 11.8 Å². The number of rotatable bonds is 5. The maximum Gasteiger partial charge on any atom is 0.245 e. The number of aromatic nitrogens is 1. The molecule has 7 nitrogen and oxygen atoms in total. The number of carbonyl (C=O) groups is 2. The molecule has 0 saturated heterocycles. The summed E-state index contributed by atoms with van der Waals surface area (Å²) in [5.41, 5.74) is 5.60. The van der Waals surface area contributed by atoms with Gasteiger partial charge in [-0.05, 0) is 13.3 Å².